The summed E-state index contributed by atoms with van der Waals surface area (Å²) in [4.78, 5) is 15.2. The van der Waals surface area contributed by atoms with Crippen molar-refractivity contribution in [1.29, 1.82) is 0 Å². The van der Waals surface area contributed by atoms with Crippen molar-refractivity contribution in [2.24, 2.45) is 0 Å². The summed E-state index contributed by atoms with van der Waals surface area (Å²) in [6, 6.07) is 6.35. The molecule has 2 aliphatic rings. The van der Waals surface area contributed by atoms with Crippen LogP contribution in [0.2, 0.25) is 0 Å². The maximum Gasteiger partial charge on any atom is 0.276 e. The van der Waals surface area contributed by atoms with Gasteiger partial charge in [-0.25, -0.2) is 0 Å². The molecule has 1 saturated heterocycles. The second kappa shape index (κ2) is 7.82. The van der Waals surface area contributed by atoms with E-state index in [2.05, 4.69) is 43.9 Å². The Balaban J connectivity index is 1.49. The van der Waals surface area contributed by atoms with E-state index in [1.165, 1.54) is 17.1 Å². The number of fused-ring (bicyclic) bond motifs is 1. The fraction of sp³-hybridized carbons (Fsp3) is 0.474. The summed E-state index contributed by atoms with van der Waals surface area (Å²) < 4.78 is 0. The van der Waals surface area contributed by atoms with E-state index in [9.17, 15) is 4.79 Å². The molecule has 1 aromatic carbocycles. The number of nitrogens with zero attached hydrogens (tertiary/aromatic N) is 2. The number of hydrogen-bond acceptors (Lipinski definition) is 5. The molecule has 2 aromatic rings. The highest BCUT2D eigenvalue weighted by molar-refractivity contribution is 7.99. The quantitative estimate of drug-likeness (QED) is 0.768. The smallest absolute Gasteiger partial charge is 0.276 e. The molecule has 6 nitrogen and oxygen atoms in total. The summed E-state index contributed by atoms with van der Waals surface area (Å²) in [6.07, 6.45) is 0.887. The fourth-order valence-electron chi connectivity index (χ4n) is 3.51. The summed E-state index contributed by atoms with van der Waals surface area (Å²) >= 11 is 2.02. The van der Waals surface area contributed by atoms with Crippen LogP contribution < -0.4 is 10.6 Å². The largest absolute Gasteiger partial charge is 0.320 e. The number of carbonyl (C=O) groups is 1. The van der Waals surface area contributed by atoms with Gasteiger partial charge in [0, 0.05) is 67.6 Å². The monoisotopic (exact) mass is 371 g/mol. The van der Waals surface area contributed by atoms with Crippen LogP contribution in [0.3, 0.4) is 0 Å². The van der Waals surface area contributed by atoms with Crippen LogP contribution in [0.1, 0.15) is 32.9 Å². The molecule has 2 aliphatic heterocycles. The van der Waals surface area contributed by atoms with Gasteiger partial charge in [0.2, 0.25) is 0 Å². The molecule has 0 unspecified atom stereocenters. The van der Waals surface area contributed by atoms with Gasteiger partial charge in [0.15, 0.2) is 5.69 Å². The number of aryl methyl sites for hydroxylation is 1. The van der Waals surface area contributed by atoms with Crippen molar-refractivity contribution in [3.05, 3.63) is 46.3 Å². The van der Waals surface area contributed by atoms with Crippen molar-refractivity contribution in [2.45, 2.75) is 26.4 Å². The highest BCUT2D eigenvalue weighted by Crippen LogP contribution is 2.22. The first-order chi connectivity index (χ1) is 12.7. The van der Waals surface area contributed by atoms with Gasteiger partial charge in [-0.1, -0.05) is 12.1 Å². The summed E-state index contributed by atoms with van der Waals surface area (Å²) in [5.41, 5.74) is 5.75. The molecule has 3 heterocycles. The van der Waals surface area contributed by atoms with Crippen molar-refractivity contribution in [2.75, 3.05) is 36.5 Å². The van der Waals surface area contributed by atoms with Gasteiger partial charge in [-0.3, -0.25) is 14.8 Å². The maximum absolute atomic E-state index is 12.8. The molecule has 0 atom stereocenters. The van der Waals surface area contributed by atoms with Crippen molar-refractivity contribution in [1.82, 2.24) is 20.4 Å². The maximum atomic E-state index is 12.8. The van der Waals surface area contributed by atoms with E-state index >= 15 is 0 Å². The van der Waals surface area contributed by atoms with E-state index < -0.39 is 0 Å². The molecular formula is C19H25N5OS. The average Bonchev–Trinajstić information content (AvgIpc) is 3.09. The van der Waals surface area contributed by atoms with Gasteiger partial charge in [0.1, 0.15) is 0 Å². The Morgan fingerprint density at radius 1 is 1.35 bits per heavy atom. The van der Waals surface area contributed by atoms with Gasteiger partial charge in [0.05, 0.1) is 0 Å². The lowest BCUT2D eigenvalue weighted by Crippen LogP contribution is -2.32. The summed E-state index contributed by atoms with van der Waals surface area (Å²) in [7, 11) is 0. The first kappa shape index (κ1) is 17.6. The normalized spacial score (nSPS) is 17.7. The van der Waals surface area contributed by atoms with Crippen LogP contribution in [-0.2, 0) is 19.5 Å². The van der Waals surface area contributed by atoms with Crippen LogP contribution >= 0.6 is 11.8 Å². The zero-order valence-corrected chi connectivity index (χ0v) is 15.9. The average molecular weight is 372 g/mol. The van der Waals surface area contributed by atoms with Crippen molar-refractivity contribution in [3.63, 3.8) is 0 Å². The number of hydrogen-bond donors (Lipinski definition) is 3. The SMILES string of the molecule is Cc1ccc(CN2CCSCC2)cc1NC(=O)c1n[nH]c2c1CNCC2. The van der Waals surface area contributed by atoms with Crippen LogP contribution in [0.25, 0.3) is 0 Å². The summed E-state index contributed by atoms with van der Waals surface area (Å²) in [5.74, 6) is 2.27. The number of aromatic nitrogens is 2. The molecule has 0 bridgehead atoms. The first-order valence-corrected chi connectivity index (χ1v) is 10.3. The number of amides is 1. The molecule has 1 aromatic heterocycles. The number of aromatic amines is 1. The molecule has 7 heteroatoms. The Morgan fingerprint density at radius 2 is 2.19 bits per heavy atom. The Kier molecular flexibility index (Phi) is 5.28. The van der Waals surface area contributed by atoms with Gasteiger partial charge in [-0.05, 0) is 24.1 Å². The van der Waals surface area contributed by atoms with Crippen LogP contribution in [0.5, 0.6) is 0 Å². The summed E-state index contributed by atoms with van der Waals surface area (Å²) in [6.45, 7) is 6.84. The third-order valence-corrected chi connectivity index (χ3v) is 6.02. The van der Waals surface area contributed by atoms with Gasteiger partial charge < -0.3 is 10.6 Å². The summed E-state index contributed by atoms with van der Waals surface area (Å²) in [5, 5.41) is 13.6. The van der Waals surface area contributed by atoms with Gasteiger partial charge >= 0.3 is 0 Å². The third-order valence-electron chi connectivity index (χ3n) is 5.08. The standard InChI is InChI=1S/C19H25N5OS/c1-13-2-3-14(12-24-6-8-26-9-7-24)10-17(13)21-19(25)18-15-11-20-5-4-16(15)22-23-18/h2-3,10,20H,4-9,11-12H2,1H3,(H,21,25)(H,22,23). The highest BCUT2D eigenvalue weighted by atomic mass is 32.2. The van der Waals surface area contributed by atoms with Crippen LogP contribution in [-0.4, -0.2) is 52.1 Å². The highest BCUT2D eigenvalue weighted by Gasteiger charge is 2.22. The van der Waals surface area contributed by atoms with Crippen LogP contribution in [0.4, 0.5) is 5.69 Å². The third kappa shape index (κ3) is 3.79. The van der Waals surface area contributed by atoms with Crippen molar-refractivity contribution < 1.29 is 4.79 Å². The van der Waals surface area contributed by atoms with E-state index in [1.54, 1.807) is 0 Å². The van der Waals surface area contributed by atoms with E-state index in [1.807, 2.05) is 18.7 Å². The van der Waals surface area contributed by atoms with E-state index in [4.69, 9.17) is 0 Å². The van der Waals surface area contributed by atoms with E-state index in [0.717, 1.165) is 55.1 Å². The lowest BCUT2D eigenvalue weighted by atomic mass is 10.1. The van der Waals surface area contributed by atoms with Crippen molar-refractivity contribution >= 4 is 23.4 Å². The number of nitrogens with one attached hydrogen (secondary N) is 3. The van der Waals surface area contributed by atoms with Crippen LogP contribution in [0, 0.1) is 6.92 Å². The van der Waals surface area contributed by atoms with E-state index in [-0.39, 0.29) is 5.91 Å². The molecule has 0 aliphatic carbocycles. The van der Waals surface area contributed by atoms with Gasteiger partial charge in [0.25, 0.3) is 5.91 Å². The molecule has 0 saturated carbocycles. The molecule has 0 spiro atoms. The minimum absolute atomic E-state index is 0.138. The first-order valence-electron chi connectivity index (χ1n) is 9.18. The fourth-order valence-corrected chi connectivity index (χ4v) is 4.49. The zero-order valence-electron chi connectivity index (χ0n) is 15.1. The van der Waals surface area contributed by atoms with Gasteiger partial charge in [-0.15, -0.1) is 0 Å². The lowest BCUT2D eigenvalue weighted by molar-refractivity contribution is 0.102. The second-order valence-electron chi connectivity index (χ2n) is 6.95. The Morgan fingerprint density at radius 3 is 3.04 bits per heavy atom. The minimum Gasteiger partial charge on any atom is -0.320 e. The number of thioether (sulfide) groups is 1. The number of H-pyrrole nitrogens is 1. The number of carbonyl (C=O) groups excluding carboxylic acids is 1. The predicted molar refractivity (Wildman–Crippen MR) is 106 cm³/mol. The molecule has 26 heavy (non-hydrogen) atoms. The van der Waals surface area contributed by atoms with Gasteiger partial charge in [-0.2, -0.15) is 16.9 Å². The van der Waals surface area contributed by atoms with E-state index in [0.29, 0.717) is 12.2 Å². The number of benzene rings is 1. The Hall–Kier alpha value is -1.83. The second-order valence-corrected chi connectivity index (χ2v) is 8.17. The molecule has 1 fully saturated rings. The molecule has 3 N–H and O–H groups in total. The van der Waals surface area contributed by atoms with Crippen molar-refractivity contribution in [3.8, 4) is 0 Å². The Labute approximate surface area is 158 Å². The lowest BCUT2D eigenvalue weighted by Gasteiger charge is -2.26. The van der Waals surface area contributed by atoms with Crippen LogP contribution in [0.15, 0.2) is 18.2 Å². The molecule has 1 amide bonds. The topological polar surface area (TPSA) is 73.0 Å². The minimum atomic E-state index is -0.138. The molecular weight excluding hydrogens is 346 g/mol. The molecule has 138 valence electrons. The predicted octanol–water partition coefficient (Wildman–Crippen LogP) is 2.16. The number of rotatable bonds is 4. The number of anilines is 1. The Bertz CT molecular complexity index is 797. The molecule has 4 rings (SSSR count). The zero-order chi connectivity index (χ0) is 17.9. The molecule has 0 radical (unpaired) electrons.